The first-order chi connectivity index (χ1) is 12.2. The van der Waals surface area contributed by atoms with Crippen LogP contribution in [-0.2, 0) is 11.3 Å². The summed E-state index contributed by atoms with van der Waals surface area (Å²) in [6.45, 7) is 7.64. The predicted octanol–water partition coefficient (Wildman–Crippen LogP) is 2.49. The Morgan fingerprint density at radius 1 is 1.31 bits per heavy atom. The zero-order valence-corrected chi connectivity index (χ0v) is 18.9. The lowest BCUT2D eigenvalue weighted by Crippen LogP contribution is -2.60. The Kier molecular flexibility index (Phi) is 8.99. The number of nitrogens with one attached hydrogen (secondary N) is 2. The molecule has 2 fully saturated rings. The van der Waals surface area contributed by atoms with Crippen molar-refractivity contribution in [2.24, 2.45) is 4.99 Å². The van der Waals surface area contributed by atoms with Crippen molar-refractivity contribution < 1.29 is 4.74 Å². The van der Waals surface area contributed by atoms with Crippen molar-refractivity contribution >= 4 is 41.7 Å². The van der Waals surface area contributed by atoms with E-state index >= 15 is 0 Å². The van der Waals surface area contributed by atoms with Gasteiger partial charge in [-0.05, 0) is 24.7 Å². The second-order valence-electron chi connectivity index (χ2n) is 6.89. The Morgan fingerprint density at radius 2 is 2.12 bits per heavy atom. The monoisotopic (exact) mass is 490 g/mol. The fourth-order valence-corrected chi connectivity index (χ4v) is 5.09. The zero-order valence-electron chi connectivity index (χ0n) is 15.8. The highest BCUT2D eigenvalue weighted by Crippen LogP contribution is 2.33. The fourth-order valence-electron chi connectivity index (χ4n) is 3.61. The molecule has 2 saturated heterocycles. The summed E-state index contributed by atoms with van der Waals surface area (Å²) in [5.41, 5.74) is 2.80. The van der Waals surface area contributed by atoms with E-state index in [1.54, 1.807) is 0 Å². The molecule has 2 N–H and O–H groups in total. The number of hydrogen-bond acceptors (Lipinski definition) is 4. The third-order valence-corrected chi connectivity index (χ3v) is 6.35. The van der Waals surface area contributed by atoms with Gasteiger partial charge >= 0.3 is 0 Å². The summed E-state index contributed by atoms with van der Waals surface area (Å²) in [6.07, 6.45) is 1.24. The van der Waals surface area contributed by atoms with Crippen LogP contribution in [0.25, 0.3) is 0 Å². The molecule has 0 aliphatic carbocycles. The van der Waals surface area contributed by atoms with Gasteiger partial charge in [0.25, 0.3) is 0 Å². The van der Waals surface area contributed by atoms with Gasteiger partial charge in [0.1, 0.15) is 0 Å². The maximum Gasteiger partial charge on any atom is 0.191 e. The van der Waals surface area contributed by atoms with Gasteiger partial charge in [0, 0.05) is 44.5 Å². The van der Waals surface area contributed by atoms with Crippen LogP contribution in [0, 0.1) is 6.92 Å². The van der Waals surface area contributed by atoms with Gasteiger partial charge in [-0.3, -0.25) is 9.89 Å². The molecule has 0 radical (unpaired) electrons. The van der Waals surface area contributed by atoms with Gasteiger partial charge in [-0.25, -0.2) is 0 Å². The first-order valence-electron chi connectivity index (χ1n) is 9.12. The third-order valence-electron chi connectivity index (χ3n) is 5.12. The molecule has 26 heavy (non-hydrogen) atoms. The summed E-state index contributed by atoms with van der Waals surface area (Å²) in [4.78, 5) is 7.03. The highest BCUT2D eigenvalue weighted by Gasteiger charge is 2.40. The molecule has 2 aliphatic rings. The van der Waals surface area contributed by atoms with Gasteiger partial charge < -0.3 is 15.4 Å². The fraction of sp³-hybridized carbons (Fsp3) is 0.632. The van der Waals surface area contributed by atoms with E-state index in [9.17, 15) is 0 Å². The van der Waals surface area contributed by atoms with Gasteiger partial charge in [-0.2, -0.15) is 11.8 Å². The average molecular weight is 490 g/mol. The van der Waals surface area contributed by atoms with E-state index in [2.05, 4.69) is 63.5 Å². The van der Waals surface area contributed by atoms with Crippen LogP contribution < -0.4 is 10.6 Å². The summed E-state index contributed by atoms with van der Waals surface area (Å²) < 4.78 is 5.54. The molecule has 146 valence electrons. The van der Waals surface area contributed by atoms with Crippen LogP contribution in [-0.4, -0.2) is 67.8 Å². The SMILES string of the molecule is CN=C(NCc1cccc(C)c1)NCC1(N2CCOCC2)CCSC1.I. The van der Waals surface area contributed by atoms with Crippen LogP contribution in [0.2, 0.25) is 0 Å². The maximum absolute atomic E-state index is 5.54. The molecule has 3 rings (SSSR count). The van der Waals surface area contributed by atoms with E-state index < -0.39 is 0 Å². The van der Waals surface area contributed by atoms with Crippen LogP contribution >= 0.6 is 35.7 Å². The number of aryl methyl sites for hydroxylation is 1. The van der Waals surface area contributed by atoms with Crippen LogP contribution in [0.5, 0.6) is 0 Å². The molecule has 0 spiro atoms. The molecule has 1 unspecified atom stereocenters. The third kappa shape index (κ3) is 5.74. The van der Waals surface area contributed by atoms with E-state index in [4.69, 9.17) is 4.74 Å². The van der Waals surface area contributed by atoms with E-state index in [1.807, 2.05) is 7.05 Å². The summed E-state index contributed by atoms with van der Waals surface area (Å²) in [5.74, 6) is 3.31. The molecular formula is C19H31IN4OS. The highest BCUT2D eigenvalue weighted by molar-refractivity contribution is 14.0. The molecule has 1 aromatic carbocycles. The number of ether oxygens (including phenoxy) is 1. The lowest BCUT2D eigenvalue weighted by atomic mass is 9.95. The van der Waals surface area contributed by atoms with Gasteiger partial charge in [0.05, 0.1) is 13.2 Å². The Balaban J connectivity index is 0.00000243. The van der Waals surface area contributed by atoms with Gasteiger partial charge in [0.2, 0.25) is 0 Å². The predicted molar refractivity (Wildman–Crippen MR) is 122 cm³/mol. The van der Waals surface area contributed by atoms with E-state index in [-0.39, 0.29) is 29.5 Å². The molecule has 1 aromatic rings. The van der Waals surface area contributed by atoms with Crippen LogP contribution in [0.1, 0.15) is 17.5 Å². The molecule has 0 aromatic heterocycles. The Hall–Kier alpha value is -0.510. The first-order valence-corrected chi connectivity index (χ1v) is 10.3. The van der Waals surface area contributed by atoms with Crippen molar-refractivity contribution in [1.29, 1.82) is 0 Å². The van der Waals surface area contributed by atoms with E-state index in [0.29, 0.717) is 0 Å². The van der Waals surface area contributed by atoms with Crippen LogP contribution in [0.15, 0.2) is 29.3 Å². The number of halogens is 1. The highest BCUT2D eigenvalue weighted by atomic mass is 127. The molecule has 0 bridgehead atoms. The van der Waals surface area contributed by atoms with Crippen molar-refractivity contribution in [2.75, 3.05) is 51.4 Å². The molecule has 5 nitrogen and oxygen atoms in total. The number of aliphatic imine (C=N–C) groups is 1. The molecule has 0 saturated carbocycles. The van der Waals surface area contributed by atoms with Crippen molar-refractivity contribution in [3.05, 3.63) is 35.4 Å². The number of hydrogen-bond donors (Lipinski definition) is 2. The summed E-state index contributed by atoms with van der Waals surface area (Å²) in [7, 11) is 1.84. The summed E-state index contributed by atoms with van der Waals surface area (Å²) >= 11 is 2.06. The van der Waals surface area contributed by atoms with E-state index in [0.717, 1.165) is 45.4 Å². The summed E-state index contributed by atoms with van der Waals surface area (Å²) in [6, 6.07) is 8.59. The number of thioether (sulfide) groups is 1. The van der Waals surface area contributed by atoms with E-state index in [1.165, 1.54) is 29.1 Å². The van der Waals surface area contributed by atoms with Gasteiger partial charge in [-0.1, -0.05) is 29.8 Å². The number of benzene rings is 1. The number of rotatable bonds is 5. The standard InChI is InChI=1S/C19H30N4OS.HI/c1-16-4-3-5-17(12-16)13-21-18(20-2)22-14-19(6-11-25-15-19)23-7-9-24-10-8-23;/h3-5,12H,6-11,13-15H2,1-2H3,(H2,20,21,22);1H. The Morgan fingerprint density at radius 3 is 2.77 bits per heavy atom. The average Bonchev–Trinajstić information content (AvgIpc) is 3.13. The Labute approximate surface area is 178 Å². The number of morpholine rings is 1. The lowest BCUT2D eigenvalue weighted by Gasteiger charge is -2.43. The minimum Gasteiger partial charge on any atom is -0.379 e. The molecule has 7 heteroatoms. The topological polar surface area (TPSA) is 48.9 Å². The quantitative estimate of drug-likeness (QED) is 0.378. The van der Waals surface area contributed by atoms with Crippen molar-refractivity contribution in [3.63, 3.8) is 0 Å². The molecule has 2 aliphatic heterocycles. The maximum atomic E-state index is 5.54. The van der Waals surface area contributed by atoms with Crippen molar-refractivity contribution in [3.8, 4) is 0 Å². The lowest BCUT2D eigenvalue weighted by molar-refractivity contribution is -0.0120. The molecule has 1 atom stereocenters. The zero-order chi connectivity index (χ0) is 17.5. The minimum atomic E-state index is 0. The van der Waals surface area contributed by atoms with Crippen molar-refractivity contribution in [2.45, 2.75) is 25.4 Å². The minimum absolute atomic E-state index is 0. The normalized spacial score (nSPS) is 24.2. The number of guanidine groups is 1. The van der Waals surface area contributed by atoms with Crippen LogP contribution in [0.4, 0.5) is 0 Å². The summed E-state index contributed by atoms with van der Waals surface area (Å²) in [5, 5.41) is 7.02. The largest absolute Gasteiger partial charge is 0.379 e. The second-order valence-corrected chi connectivity index (χ2v) is 8.00. The molecule has 0 amide bonds. The van der Waals surface area contributed by atoms with Gasteiger partial charge in [-0.15, -0.1) is 24.0 Å². The van der Waals surface area contributed by atoms with Crippen molar-refractivity contribution in [1.82, 2.24) is 15.5 Å². The Bertz CT molecular complexity index is 587. The van der Waals surface area contributed by atoms with Crippen LogP contribution in [0.3, 0.4) is 0 Å². The number of nitrogens with zero attached hydrogens (tertiary/aromatic N) is 2. The smallest absolute Gasteiger partial charge is 0.191 e. The first kappa shape index (κ1) is 21.8. The molecular weight excluding hydrogens is 459 g/mol. The molecule has 2 heterocycles. The second kappa shape index (κ2) is 10.7. The van der Waals surface area contributed by atoms with Gasteiger partial charge in [0.15, 0.2) is 5.96 Å².